The number of rotatable bonds is 3. The van der Waals surface area contributed by atoms with Gasteiger partial charge in [-0.05, 0) is 12.5 Å². The minimum Gasteiger partial charge on any atom is -0.478 e. The molecule has 2 aromatic rings. The third-order valence-corrected chi connectivity index (χ3v) is 3.96. The van der Waals surface area contributed by atoms with Crippen molar-refractivity contribution in [1.29, 1.82) is 0 Å². The Hall–Kier alpha value is -2.14. The Bertz CT molecular complexity index is 672. The van der Waals surface area contributed by atoms with Crippen LogP contribution in [0.4, 0.5) is 5.69 Å². The minimum absolute atomic E-state index is 0.197. The van der Waals surface area contributed by atoms with Gasteiger partial charge in [0.25, 0.3) is 0 Å². The Morgan fingerprint density at radius 3 is 3.05 bits per heavy atom. The molecule has 0 spiro atoms. The van der Waals surface area contributed by atoms with Gasteiger partial charge in [-0.1, -0.05) is 25.1 Å². The number of pyridine rings is 1. The number of anilines is 1. The first-order valence-corrected chi connectivity index (χ1v) is 7.17. The van der Waals surface area contributed by atoms with Crippen molar-refractivity contribution in [2.45, 2.75) is 19.4 Å². The molecule has 1 unspecified atom stereocenters. The Labute approximate surface area is 123 Å². The van der Waals surface area contributed by atoms with E-state index < -0.39 is 5.97 Å². The molecule has 110 valence electrons. The molecule has 1 aliphatic rings. The Morgan fingerprint density at radius 1 is 1.48 bits per heavy atom. The van der Waals surface area contributed by atoms with Gasteiger partial charge in [0.15, 0.2) is 0 Å². The molecule has 2 heterocycles. The smallest absolute Gasteiger partial charge is 0.339 e. The highest BCUT2D eigenvalue weighted by Gasteiger charge is 2.27. The monoisotopic (exact) mass is 286 g/mol. The van der Waals surface area contributed by atoms with Gasteiger partial charge in [-0.2, -0.15) is 0 Å². The van der Waals surface area contributed by atoms with E-state index >= 15 is 0 Å². The largest absolute Gasteiger partial charge is 0.478 e. The number of nitrogens with zero attached hydrogens (tertiary/aromatic N) is 2. The zero-order chi connectivity index (χ0) is 14.8. The van der Waals surface area contributed by atoms with E-state index in [-0.39, 0.29) is 11.6 Å². The fraction of sp³-hybridized carbons (Fsp3) is 0.375. The molecule has 5 nitrogen and oxygen atoms in total. The Morgan fingerprint density at radius 2 is 2.29 bits per heavy atom. The number of hydrogen-bond donors (Lipinski definition) is 1. The molecule has 1 aromatic heterocycles. The number of morpholine rings is 1. The lowest BCUT2D eigenvalue weighted by Crippen LogP contribution is -2.46. The van der Waals surface area contributed by atoms with Crippen LogP contribution in [0.2, 0.25) is 0 Å². The third-order valence-electron chi connectivity index (χ3n) is 3.96. The average molecular weight is 286 g/mol. The summed E-state index contributed by atoms with van der Waals surface area (Å²) in [7, 11) is 0. The standard InChI is InChI=1S/C16H18N2O3/c1-2-11-10-21-8-7-18(11)15-12-5-3-4-6-14(12)17-9-13(15)16(19)20/h3-6,9,11H,2,7-8,10H2,1H3,(H,19,20). The van der Waals surface area contributed by atoms with Crippen LogP contribution in [-0.2, 0) is 4.74 Å². The number of carboxylic acid groups (broad SMARTS) is 1. The molecule has 0 amide bonds. The first-order chi connectivity index (χ1) is 10.2. The number of aromatic nitrogens is 1. The van der Waals surface area contributed by atoms with Crippen molar-refractivity contribution in [2.24, 2.45) is 0 Å². The summed E-state index contributed by atoms with van der Waals surface area (Å²) in [6.45, 7) is 4.04. The van der Waals surface area contributed by atoms with E-state index in [9.17, 15) is 9.90 Å². The predicted molar refractivity (Wildman–Crippen MR) is 80.9 cm³/mol. The van der Waals surface area contributed by atoms with E-state index in [1.54, 1.807) is 0 Å². The highest BCUT2D eigenvalue weighted by molar-refractivity contribution is 6.04. The van der Waals surface area contributed by atoms with Gasteiger partial charge in [0, 0.05) is 18.1 Å². The molecular formula is C16H18N2O3. The molecule has 3 rings (SSSR count). The molecule has 0 saturated carbocycles. The van der Waals surface area contributed by atoms with E-state index in [4.69, 9.17) is 4.74 Å². The second-order valence-corrected chi connectivity index (χ2v) is 5.17. The summed E-state index contributed by atoms with van der Waals surface area (Å²) in [6.07, 6.45) is 2.37. The number of benzene rings is 1. The van der Waals surface area contributed by atoms with Gasteiger partial charge in [0.1, 0.15) is 5.56 Å². The zero-order valence-electron chi connectivity index (χ0n) is 12.0. The Balaban J connectivity index is 2.22. The van der Waals surface area contributed by atoms with Gasteiger partial charge >= 0.3 is 5.97 Å². The van der Waals surface area contributed by atoms with Crippen molar-refractivity contribution >= 4 is 22.6 Å². The van der Waals surface area contributed by atoms with Gasteiger partial charge in [-0.25, -0.2) is 4.79 Å². The second-order valence-electron chi connectivity index (χ2n) is 5.17. The molecule has 0 bridgehead atoms. The molecule has 1 saturated heterocycles. The number of carbonyl (C=O) groups is 1. The van der Waals surface area contributed by atoms with Crippen LogP contribution in [-0.4, -0.2) is 41.9 Å². The maximum Gasteiger partial charge on any atom is 0.339 e. The van der Waals surface area contributed by atoms with Crippen LogP contribution in [0.5, 0.6) is 0 Å². The number of carboxylic acids is 1. The minimum atomic E-state index is -0.940. The lowest BCUT2D eigenvalue weighted by Gasteiger charge is -2.38. The SMILES string of the molecule is CCC1COCCN1c1c(C(=O)O)cnc2ccccc12. The summed E-state index contributed by atoms with van der Waals surface area (Å²) in [6, 6.07) is 7.87. The van der Waals surface area contributed by atoms with Crippen LogP contribution in [0.25, 0.3) is 10.9 Å². The molecule has 1 aliphatic heterocycles. The van der Waals surface area contributed by atoms with Crippen LogP contribution < -0.4 is 4.90 Å². The number of aromatic carboxylic acids is 1. The average Bonchev–Trinajstić information content (AvgIpc) is 2.53. The summed E-state index contributed by atoms with van der Waals surface area (Å²) in [5.74, 6) is -0.940. The number of fused-ring (bicyclic) bond motifs is 1. The summed E-state index contributed by atoms with van der Waals surface area (Å²) < 4.78 is 5.53. The van der Waals surface area contributed by atoms with Crippen LogP contribution in [0.15, 0.2) is 30.5 Å². The molecule has 1 atom stereocenters. The number of para-hydroxylation sites is 1. The molecular weight excluding hydrogens is 268 g/mol. The maximum absolute atomic E-state index is 11.6. The van der Waals surface area contributed by atoms with Crippen molar-refractivity contribution in [1.82, 2.24) is 4.98 Å². The zero-order valence-corrected chi connectivity index (χ0v) is 12.0. The highest BCUT2D eigenvalue weighted by Crippen LogP contribution is 2.32. The predicted octanol–water partition coefficient (Wildman–Crippen LogP) is 2.55. The van der Waals surface area contributed by atoms with Gasteiger partial charge in [-0.3, -0.25) is 4.98 Å². The molecule has 0 aliphatic carbocycles. The lowest BCUT2D eigenvalue weighted by molar-refractivity contribution is 0.0693. The third kappa shape index (κ3) is 2.45. The van der Waals surface area contributed by atoms with Crippen LogP contribution in [0.1, 0.15) is 23.7 Å². The molecule has 21 heavy (non-hydrogen) atoms. The Kier molecular flexibility index (Phi) is 3.75. The quantitative estimate of drug-likeness (QED) is 0.939. The second kappa shape index (κ2) is 5.69. The highest BCUT2D eigenvalue weighted by atomic mass is 16.5. The van der Waals surface area contributed by atoms with Crippen molar-refractivity contribution in [3.63, 3.8) is 0 Å². The van der Waals surface area contributed by atoms with Gasteiger partial charge in [-0.15, -0.1) is 0 Å². The van der Waals surface area contributed by atoms with Crippen molar-refractivity contribution in [3.05, 3.63) is 36.0 Å². The van der Waals surface area contributed by atoms with E-state index in [1.807, 2.05) is 24.3 Å². The van der Waals surface area contributed by atoms with E-state index in [0.717, 1.165) is 23.0 Å². The topological polar surface area (TPSA) is 62.7 Å². The van der Waals surface area contributed by atoms with E-state index in [0.29, 0.717) is 19.8 Å². The summed E-state index contributed by atoms with van der Waals surface area (Å²) in [5, 5.41) is 10.4. The number of hydrogen-bond acceptors (Lipinski definition) is 4. The first-order valence-electron chi connectivity index (χ1n) is 7.17. The first kappa shape index (κ1) is 13.8. The molecule has 0 radical (unpaired) electrons. The van der Waals surface area contributed by atoms with Gasteiger partial charge < -0.3 is 14.7 Å². The molecule has 5 heteroatoms. The van der Waals surface area contributed by atoms with Crippen molar-refractivity contribution in [3.8, 4) is 0 Å². The molecule has 1 N–H and O–H groups in total. The van der Waals surface area contributed by atoms with Crippen molar-refractivity contribution < 1.29 is 14.6 Å². The van der Waals surface area contributed by atoms with E-state index in [1.165, 1.54) is 6.20 Å². The van der Waals surface area contributed by atoms with Crippen molar-refractivity contribution in [2.75, 3.05) is 24.7 Å². The fourth-order valence-electron chi connectivity index (χ4n) is 2.88. The summed E-state index contributed by atoms with van der Waals surface area (Å²) >= 11 is 0. The molecule has 1 aromatic carbocycles. The maximum atomic E-state index is 11.6. The van der Waals surface area contributed by atoms with Gasteiger partial charge in [0.2, 0.25) is 0 Å². The summed E-state index contributed by atoms with van der Waals surface area (Å²) in [5.41, 5.74) is 1.84. The lowest BCUT2D eigenvalue weighted by atomic mass is 10.0. The van der Waals surface area contributed by atoms with Gasteiger partial charge in [0.05, 0.1) is 30.5 Å². The van der Waals surface area contributed by atoms with E-state index in [2.05, 4.69) is 16.8 Å². The van der Waals surface area contributed by atoms with Crippen LogP contribution in [0, 0.1) is 0 Å². The summed E-state index contributed by atoms with van der Waals surface area (Å²) in [4.78, 5) is 18.0. The number of ether oxygens (including phenoxy) is 1. The van der Waals surface area contributed by atoms with Crippen LogP contribution >= 0.6 is 0 Å². The normalized spacial score (nSPS) is 18.9. The van der Waals surface area contributed by atoms with Crippen LogP contribution in [0.3, 0.4) is 0 Å². The molecule has 1 fully saturated rings. The fourth-order valence-corrected chi connectivity index (χ4v) is 2.88.